The largest absolute Gasteiger partial charge is 0.364 e. The molecule has 26 heavy (non-hydrogen) atoms. The smallest absolute Gasteiger partial charge is 0.297 e. The number of alkyl halides is 2. The summed E-state index contributed by atoms with van der Waals surface area (Å²) < 4.78 is 29.5. The highest BCUT2D eigenvalue weighted by Crippen LogP contribution is 2.32. The van der Waals surface area contributed by atoms with E-state index in [-0.39, 0.29) is 18.1 Å². The molecule has 0 spiro atoms. The number of hydrazone groups is 1. The molecular formula is C15H17ClF2N6O2. The van der Waals surface area contributed by atoms with Gasteiger partial charge in [-0.05, 0) is 26.8 Å². The van der Waals surface area contributed by atoms with Crippen LogP contribution in [0.25, 0.3) is 0 Å². The number of aryl methyl sites for hydroxylation is 1. The molecule has 0 bridgehead atoms. The Morgan fingerprint density at radius 3 is 2.65 bits per heavy atom. The molecule has 3 heterocycles. The summed E-state index contributed by atoms with van der Waals surface area (Å²) in [5, 5.41) is 23.1. The molecule has 0 aromatic carbocycles. The van der Waals surface area contributed by atoms with E-state index in [0.717, 1.165) is 5.69 Å². The van der Waals surface area contributed by atoms with Crippen molar-refractivity contribution in [1.82, 2.24) is 24.6 Å². The van der Waals surface area contributed by atoms with E-state index in [1.807, 2.05) is 0 Å². The molecule has 8 nitrogen and oxygen atoms in total. The van der Waals surface area contributed by atoms with Gasteiger partial charge in [0, 0.05) is 18.3 Å². The first-order valence-corrected chi connectivity index (χ1v) is 8.13. The second-order valence-electron chi connectivity index (χ2n) is 6.17. The van der Waals surface area contributed by atoms with Crippen LogP contribution in [0.5, 0.6) is 0 Å². The van der Waals surface area contributed by atoms with Crippen molar-refractivity contribution >= 4 is 23.2 Å². The molecule has 2 aromatic rings. The first-order valence-electron chi connectivity index (χ1n) is 7.75. The highest BCUT2D eigenvalue weighted by molar-refractivity contribution is 6.31. The number of amides is 1. The lowest BCUT2D eigenvalue weighted by Gasteiger charge is -2.29. The van der Waals surface area contributed by atoms with E-state index in [9.17, 15) is 18.7 Å². The number of aromatic nitrogens is 4. The third kappa shape index (κ3) is 2.99. The SMILES string of the molecule is CC1=NN(C(=O)c2ccn(Cn3nc(C)c(Cl)c3C)n2)[C@@](O)(C(F)F)C1. The highest BCUT2D eigenvalue weighted by atomic mass is 35.5. The molecule has 1 N–H and O–H groups in total. The average molecular weight is 387 g/mol. The monoisotopic (exact) mass is 386 g/mol. The number of hydrogen-bond donors (Lipinski definition) is 1. The molecule has 0 saturated heterocycles. The van der Waals surface area contributed by atoms with Crippen molar-refractivity contribution in [3.63, 3.8) is 0 Å². The first-order chi connectivity index (χ1) is 12.1. The molecule has 1 amide bonds. The van der Waals surface area contributed by atoms with Crippen LogP contribution >= 0.6 is 11.6 Å². The second kappa shape index (κ2) is 6.44. The molecule has 140 valence electrons. The van der Waals surface area contributed by atoms with Crippen molar-refractivity contribution < 1.29 is 18.7 Å². The fourth-order valence-corrected chi connectivity index (χ4v) is 2.88. The van der Waals surface area contributed by atoms with Crippen molar-refractivity contribution in [2.24, 2.45) is 5.10 Å². The van der Waals surface area contributed by atoms with Gasteiger partial charge in [-0.15, -0.1) is 0 Å². The third-order valence-corrected chi connectivity index (χ3v) is 4.67. The standard InChI is InChI=1S/C15H17ClF2N6O2/c1-8-6-15(26,14(17)18)24(19-8)13(25)11-4-5-22(21-11)7-23-10(3)12(16)9(2)20-23/h4-5,14,26H,6-7H2,1-3H3/t15-/m0/s1. The number of nitrogens with zero attached hydrogens (tertiary/aromatic N) is 6. The predicted octanol–water partition coefficient (Wildman–Crippen LogP) is 2.03. The van der Waals surface area contributed by atoms with Gasteiger partial charge in [0.1, 0.15) is 6.67 Å². The molecule has 0 aliphatic carbocycles. The summed E-state index contributed by atoms with van der Waals surface area (Å²) in [5.41, 5.74) is -1.14. The Labute approximate surface area is 152 Å². The van der Waals surface area contributed by atoms with Crippen LogP contribution in [0.4, 0.5) is 8.78 Å². The normalized spacial score (nSPS) is 20.2. The van der Waals surface area contributed by atoms with Gasteiger partial charge in [0.15, 0.2) is 5.69 Å². The van der Waals surface area contributed by atoms with E-state index in [1.165, 1.54) is 23.9 Å². The fraction of sp³-hybridized carbons (Fsp3) is 0.467. The van der Waals surface area contributed by atoms with E-state index in [1.54, 1.807) is 18.5 Å². The van der Waals surface area contributed by atoms with Crippen molar-refractivity contribution in [3.05, 3.63) is 34.4 Å². The maximum atomic E-state index is 13.2. The minimum absolute atomic E-state index is 0.116. The topological polar surface area (TPSA) is 88.5 Å². The summed E-state index contributed by atoms with van der Waals surface area (Å²) in [6.45, 7) is 5.21. The number of carbonyl (C=O) groups excluding carboxylic acids is 1. The number of aliphatic hydroxyl groups is 1. The van der Waals surface area contributed by atoms with Crippen LogP contribution in [-0.4, -0.2) is 53.4 Å². The molecule has 2 aromatic heterocycles. The lowest BCUT2D eigenvalue weighted by molar-refractivity contribution is -0.164. The van der Waals surface area contributed by atoms with Crippen LogP contribution in [0.3, 0.4) is 0 Å². The summed E-state index contributed by atoms with van der Waals surface area (Å²) in [7, 11) is 0. The van der Waals surface area contributed by atoms with Gasteiger partial charge in [-0.1, -0.05) is 11.6 Å². The zero-order valence-electron chi connectivity index (χ0n) is 14.3. The molecule has 0 saturated carbocycles. The van der Waals surface area contributed by atoms with Crippen molar-refractivity contribution in [3.8, 4) is 0 Å². The minimum Gasteiger partial charge on any atom is -0.364 e. The Morgan fingerprint density at radius 1 is 1.38 bits per heavy atom. The van der Waals surface area contributed by atoms with Crippen LogP contribution in [0.2, 0.25) is 5.02 Å². The number of halogens is 3. The van der Waals surface area contributed by atoms with E-state index in [4.69, 9.17) is 11.6 Å². The third-order valence-electron chi connectivity index (χ3n) is 4.13. The molecule has 0 unspecified atom stereocenters. The number of carbonyl (C=O) groups is 1. The van der Waals surface area contributed by atoms with E-state index >= 15 is 0 Å². The Balaban J connectivity index is 1.83. The average Bonchev–Trinajstić information content (AvgIpc) is 3.22. The van der Waals surface area contributed by atoms with E-state index in [2.05, 4.69) is 15.3 Å². The van der Waals surface area contributed by atoms with Gasteiger partial charge in [-0.2, -0.15) is 20.3 Å². The lowest BCUT2D eigenvalue weighted by Crippen LogP contribution is -2.51. The first kappa shape index (κ1) is 18.5. The summed E-state index contributed by atoms with van der Waals surface area (Å²) in [4.78, 5) is 12.5. The quantitative estimate of drug-likeness (QED) is 0.870. The molecule has 0 radical (unpaired) electrons. The van der Waals surface area contributed by atoms with Gasteiger partial charge in [0.05, 0.1) is 16.4 Å². The Hall–Kier alpha value is -2.33. The van der Waals surface area contributed by atoms with Crippen LogP contribution in [0.1, 0.15) is 35.2 Å². The van der Waals surface area contributed by atoms with Crippen molar-refractivity contribution in [2.75, 3.05) is 0 Å². The zero-order valence-corrected chi connectivity index (χ0v) is 15.1. The van der Waals surface area contributed by atoms with Crippen molar-refractivity contribution in [1.29, 1.82) is 0 Å². The molecule has 1 atom stereocenters. The van der Waals surface area contributed by atoms with E-state index < -0.39 is 24.5 Å². The minimum atomic E-state index is -3.16. The van der Waals surface area contributed by atoms with E-state index in [0.29, 0.717) is 15.7 Å². The van der Waals surface area contributed by atoms with Gasteiger partial charge in [0.2, 0.25) is 5.72 Å². The highest BCUT2D eigenvalue weighted by Gasteiger charge is 2.51. The summed E-state index contributed by atoms with van der Waals surface area (Å²) in [6, 6.07) is 1.37. The molecule has 0 fully saturated rings. The number of hydrogen-bond acceptors (Lipinski definition) is 5. The summed E-state index contributed by atoms with van der Waals surface area (Å²) >= 11 is 6.09. The molecule has 1 aliphatic rings. The Morgan fingerprint density at radius 2 is 2.08 bits per heavy atom. The molecule has 11 heteroatoms. The van der Waals surface area contributed by atoms with Gasteiger partial charge < -0.3 is 5.11 Å². The number of rotatable bonds is 4. The van der Waals surface area contributed by atoms with Crippen LogP contribution in [-0.2, 0) is 6.67 Å². The Bertz CT molecular complexity index is 893. The second-order valence-corrected chi connectivity index (χ2v) is 6.55. The van der Waals surface area contributed by atoms with Crippen LogP contribution in [0.15, 0.2) is 17.4 Å². The summed E-state index contributed by atoms with van der Waals surface area (Å²) in [5.74, 6) is -0.908. The predicted molar refractivity (Wildman–Crippen MR) is 89.2 cm³/mol. The zero-order chi connectivity index (χ0) is 19.2. The van der Waals surface area contributed by atoms with Gasteiger partial charge in [-0.25, -0.2) is 13.5 Å². The molecule has 3 rings (SSSR count). The van der Waals surface area contributed by atoms with Crippen molar-refractivity contribution in [2.45, 2.75) is 46.0 Å². The maximum absolute atomic E-state index is 13.2. The van der Waals surface area contributed by atoms with Gasteiger partial charge >= 0.3 is 0 Å². The lowest BCUT2D eigenvalue weighted by atomic mass is 10.1. The fourth-order valence-electron chi connectivity index (χ4n) is 2.75. The van der Waals surface area contributed by atoms with Crippen LogP contribution < -0.4 is 0 Å². The molecule has 1 aliphatic heterocycles. The maximum Gasteiger partial charge on any atom is 0.297 e. The van der Waals surface area contributed by atoms with Gasteiger partial charge in [-0.3, -0.25) is 9.48 Å². The van der Waals surface area contributed by atoms with Gasteiger partial charge in [0.25, 0.3) is 12.3 Å². The molecular weight excluding hydrogens is 370 g/mol. The summed E-state index contributed by atoms with van der Waals surface area (Å²) in [6.07, 6.45) is -2.07. The van der Waals surface area contributed by atoms with Crippen LogP contribution in [0, 0.1) is 13.8 Å². The Kier molecular flexibility index (Phi) is 4.57.